The number of aromatic nitrogens is 2. The molecule has 1 aliphatic rings. The van der Waals surface area contributed by atoms with Crippen LogP contribution in [-0.2, 0) is 11.3 Å². The number of nitrogens with zero attached hydrogens (tertiary/aromatic N) is 4. The van der Waals surface area contributed by atoms with Crippen LogP contribution in [0.15, 0.2) is 11.1 Å². The molecule has 0 aromatic carbocycles. The monoisotopic (exact) mass is 490 g/mol. The molecule has 154 valence electrons. The first kappa shape index (κ1) is 23.7. The minimum Gasteiger partial charge on any atom is -0.359 e. The predicted molar refractivity (Wildman–Crippen MR) is 121 cm³/mol. The van der Waals surface area contributed by atoms with E-state index >= 15 is 0 Å². The number of aliphatic imine (C=N–C) groups is 1. The second-order valence-corrected chi connectivity index (χ2v) is 7.05. The summed E-state index contributed by atoms with van der Waals surface area (Å²) in [6, 6.07) is 2.11. The van der Waals surface area contributed by atoms with Crippen molar-refractivity contribution in [3.8, 4) is 0 Å². The summed E-state index contributed by atoms with van der Waals surface area (Å²) < 4.78 is 2.06. The Morgan fingerprint density at radius 1 is 1.33 bits per heavy atom. The van der Waals surface area contributed by atoms with Crippen molar-refractivity contribution in [1.29, 1.82) is 0 Å². The molecule has 2 N–H and O–H groups in total. The summed E-state index contributed by atoms with van der Waals surface area (Å²) in [5.41, 5.74) is 2.27. The summed E-state index contributed by atoms with van der Waals surface area (Å²) in [4.78, 5) is 18.7. The van der Waals surface area contributed by atoms with Crippen molar-refractivity contribution in [1.82, 2.24) is 25.3 Å². The van der Waals surface area contributed by atoms with Crippen molar-refractivity contribution >= 4 is 35.8 Å². The molecule has 27 heavy (non-hydrogen) atoms. The number of rotatable bonds is 7. The normalized spacial score (nSPS) is 15.4. The fourth-order valence-electron chi connectivity index (χ4n) is 3.45. The fraction of sp³-hybridized carbons (Fsp3) is 0.737. The lowest BCUT2D eigenvalue weighted by molar-refractivity contribution is -0.121. The molecule has 1 aromatic rings. The van der Waals surface area contributed by atoms with Gasteiger partial charge in [-0.3, -0.25) is 14.5 Å². The molecule has 1 amide bonds. The van der Waals surface area contributed by atoms with Crippen molar-refractivity contribution in [2.24, 2.45) is 10.9 Å². The van der Waals surface area contributed by atoms with E-state index in [1.165, 1.54) is 5.69 Å². The van der Waals surface area contributed by atoms with Crippen LogP contribution in [-0.4, -0.2) is 59.8 Å². The van der Waals surface area contributed by atoms with Gasteiger partial charge in [0.15, 0.2) is 5.96 Å². The van der Waals surface area contributed by atoms with Crippen LogP contribution in [0.4, 0.5) is 0 Å². The number of halogens is 1. The van der Waals surface area contributed by atoms with Gasteiger partial charge in [-0.05, 0) is 52.0 Å². The van der Waals surface area contributed by atoms with E-state index in [0.717, 1.165) is 63.6 Å². The van der Waals surface area contributed by atoms with Crippen molar-refractivity contribution in [2.45, 2.75) is 53.0 Å². The largest absolute Gasteiger partial charge is 0.359 e. The molecule has 0 atom stereocenters. The zero-order valence-electron chi connectivity index (χ0n) is 17.1. The molecule has 8 heteroatoms. The van der Waals surface area contributed by atoms with E-state index in [2.05, 4.69) is 45.2 Å². The maximum Gasteiger partial charge on any atom is 0.220 e. The Balaban J connectivity index is 0.00000364. The number of likely N-dealkylation sites (tertiary alicyclic amines) is 1. The van der Waals surface area contributed by atoms with E-state index in [0.29, 0.717) is 12.3 Å². The van der Waals surface area contributed by atoms with Gasteiger partial charge in [-0.15, -0.1) is 24.0 Å². The van der Waals surface area contributed by atoms with E-state index in [1.807, 2.05) is 6.92 Å². The van der Waals surface area contributed by atoms with E-state index in [9.17, 15) is 4.79 Å². The quantitative estimate of drug-likeness (QED) is 0.266. The molecule has 1 aromatic heterocycles. The number of guanidine groups is 1. The number of aryl methyl sites for hydroxylation is 3. The van der Waals surface area contributed by atoms with Gasteiger partial charge < -0.3 is 15.5 Å². The van der Waals surface area contributed by atoms with E-state index in [4.69, 9.17) is 4.99 Å². The zero-order chi connectivity index (χ0) is 18.9. The first-order chi connectivity index (χ1) is 12.5. The minimum atomic E-state index is 0. The van der Waals surface area contributed by atoms with E-state index in [1.54, 1.807) is 7.05 Å². The smallest absolute Gasteiger partial charge is 0.220 e. The second kappa shape index (κ2) is 12.2. The SMILES string of the molecule is CCNC(=NCCCn1nc(C)cc1C)N1CCC(CC(=O)NC)CC1.I. The Morgan fingerprint density at radius 2 is 2.04 bits per heavy atom. The van der Waals surface area contributed by atoms with Crippen LogP contribution in [0.25, 0.3) is 0 Å². The lowest BCUT2D eigenvalue weighted by atomic mass is 9.93. The highest BCUT2D eigenvalue weighted by molar-refractivity contribution is 14.0. The minimum absolute atomic E-state index is 0. The van der Waals surface area contributed by atoms with Crippen LogP contribution in [0.2, 0.25) is 0 Å². The summed E-state index contributed by atoms with van der Waals surface area (Å²) in [5, 5.41) is 10.6. The fourth-order valence-corrected chi connectivity index (χ4v) is 3.45. The summed E-state index contributed by atoms with van der Waals surface area (Å²) in [5.74, 6) is 1.63. The topological polar surface area (TPSA) is 74.5 Å². The maximum absolute atomic E-state index is 11.5. The molecule has 1 saturated heterocycles. The number of nitrogens with one attached hydrogen (secondary N) is 2. The van der Waals surface area contributed by atoms with Crippen molar-refractivity contribution in [3.05, 3.63) is 17.5 Å². The highest BCUT2D eigenvalue weighted by Gasteiger charge is 2.22. The van der Waals surface area contributed by atoms with Crippen LogP contribution >= 0.6 is 24.0 Å². The molecule has 0 unspecified atom stereocenters. The molecule has 0 saturated carbocycles. The average Bonchev–Trinajstić information content (AvgIpc) is 2.95. The summed E-state index contributed by atoms with van der Waals surface area (Å²) in [6.45, 7) is 10.7. The number of amides is 1. The maximum atomic E-state index is 11.5. The van der Waals surface area contributed by atoms with Gasteiger partial charge in [0.2, 0.25) is 5.91 Å². The first-order valence-corrected chi connectivity index (χ1v) is 9.78. The standard InChI is InChI=1S/C19H34N6O.HI/c1-5-21-19(22-9-6-10-25-16(3)13-15(2)23-25)24-11-7-17(8-12-24)14-18(26)20-4;/h13,17H,5-12,14H2,1-4H3,(H,20,26)(H,21,22);1H. The molecule has 2 heterocycles. The Bertz CT molecular complexity index is 607. The van der Waals surface area contributed by atoms with Gasteiger partial charge in [-0.2, -0.15) is 5.10 Å². The van der Waals surface area contributed by atoms with Gasteiger partial charge in [0.05, 0.1) is 5.69 Å². The summed E-state index contributed by atoms with van der Waals surface area (Å²) in [7, 11) is 1.71. The third-order valence-electron chi connectivity index (χ3n) is 4.89. The molecule has 0 radical (unpaired) electrons. The second-order valence-electron chi connectivity index (χ2n) is 7.05. The lowest BCUT2D eigenvalue weighted by Crippen LogP contribution is -2.46. The van der Waals surface area contributed by atoms with E-state index in [-0.39, 0.29) is 29.9 Å². The average molecular weight is 490 g/mol. The molecule has 0 spiro atoms. The van der Waals surface area contributed by atoms with Crippen molar-refractivity contribution in [3.63, 3.8) is 0 Å². The molecule has 2 rings (SSSR count). The van der Waals surface area contributed by atoms with Gasteiger partial charge in [0, 0.05) is 51.9 Å². The predicted octanol–water partition coefficient (Wildman–Crippen LogP) is 2.32. The van der Waals surface area contributed by atoms with Crippen LogP contribution in [0.5, 0.6) is 0 Å². The molecule has 1 aliphatic heterocycles. The number of hydrogen-bond donors (Lipinski definition) is 2. The van der Waals surface area contributed by atoms with Gasteiger partial charge in [-0.1, -0.05) is 0 Å². The Labute approximate surface area is 180 Å². The Kier molecular flexibility index (Phi) is 10.7. The number of carbonyl (C=O) groups is 1. The van der Waals surface area contributed by atoms with Gasteiger partial charge in [-0.25, -0.2) is 0 Å². The summed E-state index contributed by atoms with van der Waals surface area (Å²) in [6.07, 6.45) is 3.71. The Morgan fingerprint density at radius 3 is 2.59 bits per heavy atom. The number of piperidine rings is 1. The highest BCUT2D eigenvalue weighted by Crippen LogP contribution is 2.20. The van der Waals surface area contributed by atoms with Gasteiger partial charge in [0.25, 0.3) is 0 Å². The van der Waals surface area contributed by atoms with Crippen molar-refractivity contribution in [2.75, 3.05) is 33.2 Å². The highest BCUT2D eigenvalue weighted by atomic mass is 127. The third kappa shape index (κ3) is 7.67. The van der Waals surface area contributed by atoms with Crippen LogP contribution in [0.1, 0.15) is 44.0 Å². The van der Waals surface area contributed by atoms with Crippen LogP contribution < -0.4 is 10.6 Å². The van der Waals surface area contributed by atoms with Gasteiger partial charge in [0.1, 0.15) is 0 Å². The number of carbonyl (C=O) groups excluding carboxylic acids is 1. The summed E-state index contributed by atoms with van der Waals surface area (Å²) >= 11 is 0. The first-order valence-electron chi connectivity index (χ1n) is 9.78. The van der Waals surface area contributed by atoms with Crippen LogP contribution in [0.3, 0.4) is 0 Å². The third-order valence-corrected chi connectivity index (χ3v) is 4.89. The van der Waals surface area contributed by atoms with Crippen molar-refractivity contribution < 1.29 is 4.79 Å². The molecular weight excluding hydrogens is 455 g/mol. The molecule has 7 nitrogen and oxygen atoms in total. The van der Waals surface area contributed by atoms with E-state index < -0.39 is 0 Å². The molecular formula is C19H35IN6O. The van der Waals surface area contributed by atoms with Crippen LogP contribution in [0, 0.1) is 19.8 Å². The zero-order valence-corrected chi connectivity index (χ0v) is 19.5. The molecule has 1 fully saturated rings. The lowest BCUT2D eigenvalue weighted by Gasteiger charge is -2.34. The number of hydrogen-bond acceptors (Lipinski definition) is 3. The molecule has 0 bridgehead atoms. The molecule has 0 aliphatic carbocycles. The Hall–Kier alpha value is -1.32. The van der Waals surface area contributed by atoms with Gasteiger partial charge >= 0.3 is 0 Å².